The molecule has 4 atom stereocenters. The number of aromatic nitrogens is 3. The zero-order valence-electron chi connectivity index (χ0n) is 40.6. The molecule has 18 heteroatoms. The Hall–Kier alpha value is -6.04. The Bertz CT molecular complexity index is 2710. The number of likely N-dealkylation sites (tertiary alicyclic amines) is 2. The summed E-state index contributed by atoms with van der Waals surface area (Å²) < 4.78 is 15.3. The Kier molecular flexibility index (Phi) is 16.0. The van der Waals surface area contributed by atoms with Crippen molar-refractivity contribution in [3.63, 3.8) is 0 Å². The normalized spacial score (nSPS) is 19.9. The highest BCUT2D eigenvalue weighted by Gasteiger charge is 2.50. The van der Waals surface area contributed by atoms with Gasteiger partial charge in [0.15, 0.2) is 11.9 Å². The van der Waals surface area contributed by atoms with Crippen LogP contribution in [-0.4, -0.2) is 109 Å². The highest BCUT2D eigenvalue weighted by molar-refractivity contribution is 6.31. The highest BCUT2D eigenvalue weighted by Crippen LogP contribution is 2.34. The maximum absolute atomic E-state index is 14.8. The first-order valence-electron chi connectivity index (χ1n) is 24.2. The minimum absolute atomic E-state index is 0.0607. The average molecular weight is 1010 g/mol. The van der Waals surface area contributed by atoms with Crippen molar-refractivity contribution >= 4 is 46.9 Å². The van der Waals surface area contributed by atoms with Gasteiger partial charge in [0.25, 0.3) is 0 Å². The summed E-state index contributed by atoms with van der Waals surface area (Å²) in [6.07, 6.45) is 6.40. The van der Waals surface area contributed by atoms with Crippen LogP contribution >= 0.6 is 23.2 Å². The number of hydrogen-bond donors (Lipinski definition) is 3. The molecular weight excluding hydrogens is 948 g/mol. The second kappa shape index (κ2) is 22.2. The molecule has 3 amide bonds. The molecule has 2 aromatic heterocycles. The lowest BCUT2D eigenvalue weighted by atomic mass is 9.82. The van der Waals surface area contributed by atoms with Crippen LogP contribution in [-0.2, 0) is 56.9 Å². The van der Waals surface area contributed by atoms with Gasteiger partial charge in [-0.15, -0.1) is 0 Å². The third kappa shape index (κ3) is 12.4. The molecule has 3 saturated heterocycles. The van der Waals surface area contributed by atoms with Crippen LogP contribution in [0.2, 0.25) is 10.0 Å². The van der Waals surface area contributed by atoms with Gasteiger partial charge in [-0.3, -0.25) is 29.0 Å². The predicted octanol–water partition coefficient (Wildman–Crippen LogP) is 6.91. The fourth-order valence-electron chi connectivity index (χ4n) is 10.1. The zero-order valence-corrected chi connectivity index (χ0v) is 42.1. The largest absolute Gasteiger partial charge is 0.619 e. The second-order valence-corrected chi connectivity index (χ2v) is 20.4. The van der Waals surface area contributed by atoms with Gasteiger partial charge in [0.1, 0.15) is 29.1 Å². The molecule has 3 aliphatic heterocycles. The van der Waals surface area contributed by atoms with Crippen molar-refractivity contribution in [1.82, 2.24) is 34.9 Å². The molecule has 0 bridgehead atoms. The zero-order chi connectivity index (χ0) is 50.5. The Morgan fingerprint density at radius 3 is 2.41 bits per heavy atom. The molecule has 376 valence electrons. The first-order chi connectivity index (χ1) is 34.0. The molecule has 2 unspecified atom stereocenters. The molecule has 3 aromatic carbocycles. The van der Waals surface area contributed by atoms with E-state index in [1.807, 2.05) is 55.7 Å². The van der Waals surface area contributed by atoms with Gasteiger partial charge in [-0.05, 0) is 120 Å². The van der Waals surface area contributed by atoms with E-state index in [0.717, 1.165) is 47.8 Å². The average Bonchev–Trinajstić information content (AvgIpc) is 4.08. The van der Waals surface area contributed by atoms with Crippen LogP contribution in [0.25, 0.3) is 11.3 Å². The molecule has 8 rings (SSSR count). The second-order valence-electron chi connectivity index (χ2n) is 19.5. The summed E-state index contributed by atoms with van der Waals surface area (Å²) in [5, 5.41) is 30.1. The maximum atomic E-state index is 14.8. The van der Waals surface area contributed by atoms with Gasteiger partial charge >= 0.3 is 5.97 Å². The molecule has 16 nitrogen and oxygen atoms in total. The summed E-state index contributed by atoms with van der Waals surface area (Å²) in [4.78, 5) is 65.9. The van der Waals surface area contributed by atoms with Crippen molar-refractivity contribution in [2.75, 3.05) is 32.8 Å². The summed E-state index contributed by atoms with van der Waals surface area (Å²) in [5.74, 6) is -1.29. The van der Waals surface area contributed by atoms with Gasteiger partial charge in [-0.25, -0.2) is 4.98 Å². The number of carboxylic acids is 1. The monoisotopic (exact) mass is 1010 g/mol. The number of halogens is 2. The van der Waals surface area contributed by atoms with Crippen molar-refractivity contribution in [3.8, 4) is 22.8 Å². The number of hydrogen-bond acceptors (Lipinski definition) is 10. The van der Waals surface area contributed by atoms with E-state index in [4.69, 9.17) is 37.7 Å². The molecule has 0 aliphatic carbocycles. The Labute approximate surface area is 424 Å². The van der Waals surface area contributed by atoms with Crippen LogP contribution < -0.4 is 20.1 Å². The van der Waals surface area contributed by atoms with Gasteiger partial charge in [-0.2, -0.15) is 4.73 Å². The maximum Gasteiger partial charge on any atom is 0.304 e. The molecule has 5 aromatic rings. The van der Waals surface area contributed by atoms with Gasteiger partial charge < -0.3 is 39.9 Å². The number of rotatable bonds is 18. The van der Waals surface area contributed by atoms with E-state index in [-0.39, 0.29) is 37.7 Å². The van der Waals surface area contributed by atoms with E-state index in [9.17, 15) is 29.5 Å². The lowest BCUT2D eigenvalue weighted by molar-refractivity contribution is -0.614. The number of piperidine rings is 1. The van der Waals surface area contributed by atoms with Crippen LogP contribution in [0, 0.1) is 11.1 Å². The van der Waals surface area contributed by atoms with E-state index in [2.05, 4.69) is 20.1 Å². The number of benzene rings is 3. The smallest absolute Gasteiger partial charge is 0.304 e. The van der Waals surface area contributed by atoms with Crippen LogP contribution in [0.1, 0.15) is 75.5 Å². The van der Waals surface area contributed by atoms with E-state index in [1.54, 1.807) is 68.1 Å². The summed E-state index contributed by atoms with van der Waals surface area (Å²) >= 11 is 12.7. The van der Waals surface area contributed by atoms with Crippen LogP contribution in [0.4, 0.5) is 0 Å². The van der Waals surface area contributed by atoms with E-state index in [0.29, 0.717) is 52.1 Å². The van der Waals surface area contributed by atoms with Crippen molar-refractivity contribution in [3.05, 3.63) is 135 Å². The third-order valence-electron chi connectivity index (χ3n) is 13.9. The van der Waals surface area contributed by atoms with Crippen molar-refractivity contribution in [2.45, 2.75) is 102 Å². The van der Waals surface area contributed by atoms with Gasteiger partial charge in [0.05, 0.1) is 49.0 Å². The quantitative estimate of drug-likeness (QED) is 0.0612. The topological polar surface area (TPSA) is 186 Å². The molecule has 0 saturated carbocycles. The van der Waals surface area contributed by atoms with Crippen LogP contribution in [0.3, 0.4) is 0 Å². The standard InChI is InChI=1S/C53H62Cl2N8O8/c1-35(56-30-38-13-18-41(55)28-46(38)71-43-19-14-37(15-20-43)44-31-57-47(59(44)4)32-60-22-7-8-23-60)50(67)63-45(33-70-52(63,2)3)49(66)58-53(29-36-11-16-40(54)17-12-36)21-9-24-61(34-53)51(68)39(27-48(64)65)26-42-10-5-6-25-62(42)69/h5-6,10-20,25,28,31,35,39,45,56H,7-9,21-24,26-27,29-30,32-34H2,1-4H3,(H,58,66)(H,64,65)/t35?,39?,45-,53+/m0/s1. The molecular formula is C53H62Cl2N8O8. The van der Waals surface area contributed by atoms with E-state index >= 15 is 0 Å². The Balaban J connectivity index is 0.955. The van der Waals surface area contributed by atoms with Gasteiger partial charge in [-0.1, -0.05) is 47.5 Å². The fourth-order valence-corrected chi connectivity index (χ4v) is 10.4. The summed E-state index contributed by atoms with van der Waals surface area (Å²) in [6.45, 7) is 8.79. The molecule has 3 N–H and O–H groups in total. The number of aliphatic carboxylic acids is 1. The number of nitrogens with zero attached hydrogens (tertiary/aromatic N) is 6. The summed E-state index contributed by atoms with van der Waals surface area (Å²) in [6, 6.07) is 23.4. The molecule has 3 aliphatic rings. The number of imidazole rings is 1. The SMILES string of the molecule is CC(NCc1ccc(Cl)cc1Oc1ccc(-c2cnc(CN3CCCC3)n2C)cc1)C(=O)N1[C@H](C(=O)N[C@@]2(Cc3ccc(Cl)cc3)CCCN(C(=O)C(CC(=O)O)Cc3cccc[n+]3[O-])C2)COC1(C)C. The minimum atomic E-state index is -1.17. The molecule has 0 radical (unpaired) electrons. The minimum Gasteiger partial charge on any atom is -0.619 e. The lowest BCUT2D eigenvalue weighted by Crippen LogP contribution is -2.65. The fraction of sp³-hybridized carbons (Fsp3) is 0.434. The van der Waals surface area contributed by atoms with E-state index in [1.165, 1.54) is 23.9 Å². The van der Waals surface area contributed by atoms with Gasteiger partial charge in [0, 0.05) is 66.4 Å². The Morgan fingerprint density at radius 2 is 1.69 bits per heavy atom. The molecule has 3 fully saturated rings. The number of ether oxygens (including phenoxy) is 2. The van der Waals surface area contributed by atoms with Crippen molar-refractivity contribution < 1.29 is 38.5 Å². The lowest BCUT2D eigenvalue weighted by Gasteiger charge is -2.45. The highest BCUT2D eigenvalue weighted by atomic mass is 35.5. The van der Waals surface area contributed by atoms with Gasteiger partial charge in [0.2, 0.25) is 17.7 Å². The number of nitrogens with one attached hydrogen (secondary N) is 2. The summed E-state index contributed by atoms with van der Waals surface area (Å²) in [5.41, 5.74) is 1.72. The summed E-state index contributed by atoms with van der Waals surface area (Å²) in [7, 11) is 2.04. The van der Waals surface area contributed by atoms with Crippen molar-refractivity contribution in [2.24, 2.45) is 13.0 Å². The van der Waals surface area contributed by atoms with Crippen molar-refractivity contribution in [1.29, 1.82) is 0 Å². The first kappa shape index (κ1) is 51.3. The van der Waals surface area contributed by atoms with Crippen LogP contribution in [0.15, 0.2) is 97.3 Å². The van der Waals surface area contributed by atoms with Crippen LogP contribution in [0.5, 0.6) is 11.5 Å². The number of carbonyl (C=O) groups is 4. The number of amides is 3. The number of carbonyl (C=O) groups excluding carboxylic acids is 3. The van der Waals surface area contributed by atoms with E-state index < -0.39 is 53.5 Å². The predicted molar refractivity (Wildman–Crippen MR) is 268 cm³/mol. The Morgan fingerprint density at radius 1 is 0.958 bits per heavy atom. The number of carboxylic acid groups (broad SMARTS) is 1. The molecule has 71 heavy (non-hydrogen) atoms. The number of pyridine rings is 1. The first-order valence-corrected chi connectivity index (χ1v) is 25.0. The third-order valence-corrected chi connectivity index (χ3v) is 14.4. The molecule has 0 spiro atoms. The molecule has 5 heterocycles.